The smallest absolute Gasteiger partial charge is 0.317 e. The lowest BCUT2D eigenvalue weighted by atomic mass is 10.4. The van der Waals surface area contributed by atoms with Crippen molar-refractivity contribution in [2.45, 2.75) is 13.5 Å². The van der Waals surface area contributed by atoms with E-state index in [1.807, 2.05) is 19.1 Å². The molecule has 0 spiro atoms. The molecule has 0 saturated heterocycles. The van der Waals surface area contributed by atoms with Crippen molar-refractivity contribution in [2.75, 3.05) is 5.32 Å². The molecule has 0 saturated carbocycles. The van der Waals surface area contributed by atoms with Crippen LogP contribution in [-0.4, -0.2) is 20.7 Å². The molecule has 1 N–H and O–H groups in total. The van der Waals surface area contributed by atoms with Crippen LogP contribution in [0.15, 0.2) is 62.2 Å². The quantitative estimate of drug-likeness (QED) is 0.596. The fourth-order valence-corrected chi connectivity index (χ4v) is 2.33. The number of anilines is 1. The highest BCUT2D eigenvalue weighted by molar-refractivity contribution is 5.94. The molecule has 0 aliphatic rings. The summed E-state index contributed by atoms with van der Waals surface area (Å²) in [7, 11) is 0. The third-order valence-electron chi connectivity index (χ3n) is 3.49. The molecule has 0 aliphatic heterocycles. The molecule has 0 aliphatic carbocycles. The van der Waals surface area contributed by atoms with Crippen molar-refractivity contribution >= 4 is 11.9 Å². The SMILES string of the molecule is Cc1ccc(CNc2nc(-c3ccco3)nn2C(=O)c2ccco2)o1. The average molecular weight is 338 g/mol. The normalized spacial score (nSPS) is 10.9. The molecular weight excluding hydrogens is 324 g/mol. The van der Waals surface area contributed by atoms with E-state index in [2.05, 4.69) is 15.4 Å². The van der Waals surface area contributed by atoms with Gasteiger partial charge in [-0.25, -0.2) is 0 Å². The molecule has 4 rings (SSSR count). The van der Waals surface area contributed by atoms with Crippen LogP contribution in [0.25, 0.3) is 11.6 Å². The van der Waals surface area contributed by atoms with E-state index in [9.17, 15) is 4.79 Å². The number of carbonyl (C=O) groups excluding carboxylic acids is 1. The minimum Gasteiger partial charge on any atom is -0.465 e. The Hall–Kier alpha value is -3.55. The number of aromatic nitrogens is 3. The average Bonchev–Trinajstić information content (AvgIpc) is 3.38. The minimum atomic E-state index is -0.437. The van der Waals surface area contributed by atoms with E-state index in [1.165, 1.54) is 12.5 Å². The van der Waals surface area contributed by atoms with Gasteiger partial charge in [-0.2, -0.15) is 9.67 Å². The molecule has 0 bridgehead atoms. The Morgan fingerprint density at radius 2 is 2.00 bits per heavy atom. The van der Waals surface area contributed by atoms with Gasteiger partial charge in [0.1, 0.15) is 11.5 Å². The molecule has 8 heteroatoms. The van der Waals surface area contributed by atoms with E-state index in [1.54, 1.807) is 24.3 Å². The van der Waals surface area contributed by atoms with Crippen LogP contribution in [0.5, 0.6) is 0 Å². The molecule has 4 aromatic heterocycles. The standard InChI is InChI=1S/C17H14N4O4/c1-11-6-7-12(25-11)10-18-17-19-15(13-4-2-8-23-13)20-21(17)16(22)14-5-3-9-24-14/h2-9H,10H2,1H3,(H,18,19,20). The fourth-order valence-electron chi connectivity index (χ4n) is 2.33. The molecule has 0 fully saturated rings. The number of aryl methyl sites for hydroxylation is 1. The summed E-state index contributed by atoms with van der Waals surface area (Å²) in [6.07, 6.45) is 2.94. The van der Waals surface area contributed by atoms with Crippen LogP contribution in [0.2, 0.25) is 0 Å². The van der Waals surface area contributed by atoms with E-state index in [0.29, 0.717) is 18.1 Å². The lowest BCUT2D eigenvalue weighted by molar-refractivity contribution is 0.0919. The van der Waals surface area contributed by atoms with Crippen LogP contribution in [-0.2, 0) is 6.54 Å². The Morgan fingerprint density at radius 3 is 2.68 bits per heavy atom. The summed E-state index contributed by atoms with van der Waals surface area (Å²) >= 11 is 0. The zero-order valence-electron chi connectivity index (χ0n) is 13.3. The van der Waals surface area contributed by atoms with Crippen molar-refractivity contribution in [1.82, 2.24) is 14.8 Å². The molecule has 8 nitrogen and oxygen atoms in total. The number of rotatable bonds is 5. The predicted octanol–water partition coefficient (Wildman–Crippen LogP) is 3.33. The van der Waals surface area contributed by atoms with Gasteiger partial charge in [0, 0.05) is 0 Å². The summed E-state index contributed by atoms with van der Waals surface area (Å²) in [5.74, 6) is 2.27. The maximum Gasteiger partial charge on any atom is 0.317 e. The van der Waals surface area contributed by atoms with Gasteiger partial charge in [-0.1, -0.05) is 0 Å². The minimum absolute atomic E-state index is 0.160. The van der Waals surface area contributed by atoms with Crippen LogP contribution in [0.3, 0.4) is 0 Å². The fraction of sp³-hybridized carbons (Fsp3) is 0.118. The van der Waals surface area contributed by atoms with E-state index >= 15 is 0 Å². The van der Waals surface area contributed by atoms with Crippen LogP contribution >= 0.6 is 0 Å². The first-order chi connectivity index (χ1) is 12.2. The molecular formula is C17H14N4O4. The van der Waals surface area contributed by atoms with Gasteiger partial charge in [0.15, 0.2) is 11.5 Å². The Labute approximate surface area is 142 Å². The van der Waals surface area contributed by atoms with Crippen LogP contribution in [0.1, 0.15) is 22.1 Å². The number of nitrogens with one attached hydrogen (secondary N) is 1. The second-order valence-electron chi connectivity index (χ2n) is 5.30. The first-order valence-corrected chi connectivity index (χ1v) is 7.59. The Bertz CT molecular complexity index is 980. The van der Waals surface area contributed by atoms with Crippen LogP contribution < -0.4 is 5.32 Å². The highest BCUT2D eigenvalue weighted by Crippen LogP contribution is 2.20. The van der Waals surface area contributed by atoms with Gasteiger partial charge in [0.05, 0.1) is 19.1 Å². The Kier molecular flexibility index (Phi) is 3.70. The predicted molar refractivity (Wildman–Crippen MR) is 86.9 cm³/mol. The summed E-state index contributed by atoms with van der Waals surface area (Å²) in [5, 5.41) is 7.29. The summed E-state index contributed by atoms with van der Waals surface area (Å²) in [6.45, 7) is 2.22. The van der Waals surface area contributed by atoms with Crippen LogP contribution in [0, 0.1) is 6.92 Å². The zero-order chi connectivity index (χ0) is 17.2. The van der Waals surface area contributed by atoms with Crippen molar-refractivity contribution in [3.63, 3.8) is 0 Å². The highest BCUT2D eigenvalue weighted by Gasteiger charge is 2.21. The second-order valence-corrected chi connectivity index (χ2v) is 5.30. The molecule has 25 heavy (non-hydrogen) atoms. The molecule has 0 aromatic carbocycles. The monoisotopic (exact) mass is 338 g/mol. The third-order valence-corrected chi connectivity index (χ3v) is 3.49. The van der Waals surface area contributed by atoms with Crippen molar-refractivity contribution in [3.8, 4) is 11.6 Å². The molecule has 126 valence electrons. The lowest BCUT2D eigenvalue weighted by Gasteiger charge is -2.04. The van der Waals surface area contributed by atoms with Crippen molar-refractivity contribution in [2.24, 2.45) is 0 Å². The van der Waals surface area contributed by atoms with Gasteiger partial charge in [-0.3, -0.25) is 4.79 Å². The topological polar surface area (TPSA) is 99.2 Å². The Morgan fingerprint density at radius 1 is 1.16 bits per heavy atom. The molecule has 0 unspecified atom stereocenters. The molecule has 0 atom stereocenters. The number of furan rings is 3. The van der Waals surface area contributed by atoms with E-state index in [0.717, 1.165) is 16.2 Å². The van der Waals surface area contributed by atoms with Crippen molar-refractivity contribution < 1.29 is 18.0 Å². The first-order valence-electron chi connectivity index (χ1n) is 7.59. The van der Waals surface area contributed by atoms with E-state index < -0.39 is 5.91 Å². The zero-order valence-corrected chi connectivity index (χ0v) is 13.3. The van der Waals surface area contributed by atoms with Crippen molar-refractivity contribution in [1.29, 1.82) is 0 Å². The summed E-state index contributed by atoms with van der Waals surface area (Å²) < 4.78 is 17.1. The first kappa shape index (κ1) is 15.0. The van der Waals surface area contributed by atoms with Gasteiger partial charge in [0.25, 0.3) is 0 Å². The molecule has 4 heterocycles. The Balaban J connectivity index is 1.66. The van der Waals surface area contributed by atoms with Crippen molar-refractivity contribution in [3.05, 3.63) is 66.2 Å². The number of carbonyl (C=O) groups is 1. The number of hydrogen-bond donors (Lipinski definition) is 1. The number of hydrogen-bond acceptors (Lipinski definition) is 7. The second kappa shape index (κ2) is 6.16. The summed E-state index contributed by atoms with van der Waals surface area (Å²) in [5.41, 5.74) is 0. The molecule has 0 radical (unpaired) electrons. The maximum atomic E-state index is 12.6. The van der Waals surface area contributed by atoms with E-state index in [-0.39, 0.29) is 11.7 Å². The van der Waals surface area contributed by atoms with Crippen LogP contribution in [0.4, 0.5) is 5.95 Å². The summed E-state index contributed by atoms with van der Waals surface area (Å²) in [4.78, 5) is 16.9. The van der Waals surface area contributed by atoms with Gasteiger partial charge in [-0.15, -0.1) is 5.10 Å². The van der Waals surface area contributed by atoms with Gasteiger partial charge in [0.2, 0.25) is 11.8 Å². The van der Waals surface area contributed by atoms with Gasteiger partial charge in [-0.05, 0) is 43.3 Å². The largest absolute Gasteiger partial charge is 0.465 e. The highest BCUT2D eigenvalue weighted by atomic mass is 16.3. The molecule has 4 aromatic rings. The number of nitrogens with zero attached hydrogens (tertiary/aromatic N) is 3. The lowest BCUT2D eigenvalue weighted by Crippen LogP contribution is -2.17. The molecule has 0 amide bonds. The summed E-state index contributed by atoms with van der Waals surface area (Å²) in [6, 6.07) is 10.4. The van der Waals surface area contributed by atoms with E-state index in [4.69, 9.17) is 13.3 Å². The maximum absolute atomic E-state index is 12.6. The van der Waals surface area contributed by atoms with Gasteiger partial charge >= 0.3 is 5.91 Å². The van der Waals surface area contributed by atoms with Gasteiger partial charge < -0.3 is 18.6 Å². The third kappa shape index (κ3) is 2.97.